The first-order valence-electron chi connectivity index (χ1n) is 14.8. The molecule has 2 aromatic heterocycles. The van der Waals surface area contributed by atoms with Crippen molar-refractivity contribution < 1.29 is 4.42 Å². The number of hydrogen-bond acceptors (Lipinski definition) is 4. The second kappa shape index (κ2) is 11.1. The third-order valence-corrected chi connectivity index (χ3v) is 8.10. The van der Waals surface area contributed by atoms with Gasteiger partial charge < -0.3 is 4.42 Å². The Bertz CT molecular complexity index is 2390. The number of rotatable bonds is 5. The summed E-state index contributed by atoms with van der Waals surface area (Å²) in [6.45, 7) is 0. The maximum Gasteiger partial charge on any atom is 0.160 e. The lowest BCUT2D eigenvalue weighted by atomic mass is 9.93. The molecule has 4 heteroatoms. The Kier molecular flexibility index (Phi) is 6.48. The van der Waals surface area contributed by atoms with Crippen LogP contribution in [0.1, 0.15) is 5.56 Å². The molecule has 8 rings (SSSR count). The topological polar surface area (TPSA) is 62.7 Å². The van der Waals surface area contributed by atoms with E-state index in [2.05, 4.69) is 72.8 Å². The van der Waals surface area contributed by atoms with E-state index < -0.39 is 0 Å². The van der Waals surface area contributed by atoms with Gasteiger partial charge in [-0.1, -0.05) is 109 Å². The molecule has 0 spiro atoms. The average Bonchev–Trinajstić information content (AvgIpc) is 3.51. The van der Waals surface area contributed by atoms with Crippen LogP contribution in [0.4, 0.5) is 0 Å². The first-order valence-corrected chi connectivity index (χ1v) is 14.8. The summed E-state index contributed by atoms with van der Waals surface area (Å²) >= 11 is 0. The number of para-hydroxylation sites is 2. The minimum absolute atomic E-state index is 0.584. The van der Waals surface area contributed by atoms with Gasteiger partial charge in [0.25, 0.3) is 0 Å². The van der Waals surface area contributed by atoms with Crippen LogP contribution in [0.5, 0.6) is 0 Å². The van der Waals surface area contributed by atoms with E-state index in [9.17, 15) is 5.26 Å². The Morgan fingerprint density at radius 2 is 1.09 bits per heavy atom. The Morgan fingerprint density at radius 3 is 1.89 bits per heavy atom. The standard InChI is InChI=1S/C41H25N3O/c42-26-27-11-9-16-30(21-27)37-25-38(44-41(43-37)29-14-5-2-6-15-29)33-23-31(28-12-3-1-4-13-28)22-32(24-33)34-18-10-19-36-35-17-7-8-20-39(35)45-40(34)36/h1-25H. The van der Waals surface area contributed by atoms with Crippen molar-refractivity contribution in [2.75, 3.05) is 0 Å². The Labute approximate surface area is 260 Å². The molecule has 0 aliphatic rings. The molecule has 210 valence electrons. The number of nitrogens with zero attached hydrogens (tertiary/aromatic N) is 3. The lowest BCUT2D eigenvalue weighted by molar-refractivity contribution is 0.670. The van der Waals surface area contributed by atoms with E-state index in [1.165, 1.54) is 0 Å². The maximum atomic E-state index is 9.58. The molecule has 2 heterocycles. The zero-order chi connectivity index (χ0) is 30.2. The Balaban J connectivity index is 1.38. The van der Waals surface area contributed by atoms with Crippen LogP contribution in [-0.2, 0) is 0 Å². The number of nitriles is 1. The molecule has 0 fully saturated rings. The first kappa shape index (κ1) is 26.3. The molecule has 8 aromatic rings. The number of fused-ring (bicyclic) bond motifs is 3. The molecule has 0 aliphatic carbocycles. The van der Waals surface area contributed by atoms with Crippen LogP contribution in [0, 0.1) is 11.3 Å². The van der Waals surface area contributed by atoms with Gasteiger partial charge in [0.15, 0.2) is 5.82 Å². The maximum absolute atomic E-state index is 9.58. The summed E-state index contributed by atoms with van der Waals surface area (Å²) in [5, 5.41) is 11.8. The highest BCUT2D eigenvalue weighted by Gasteiger charge is 2.16. The largest absolute Gasteiger partial charge is 0.455 e. The van der Waals surface area contributed by atoms with Crippen molar-refractivity contribution in [1.82, 2.24) is 9.97 Å². The molecule has 4 nitrogen and oxygen atoms in total. The Hall–Kier alpha value is -6.31. The highest BCUT2D eigenvalue weighted by Crippen LogP contribution is 2.39. The van der Waals surface area contributed by atoms with Crippen molar-refractivity contribution in [3.8, 4) is 62.2 Å². The van der Waals surface area contributed by atoms with Crippen LogP contribution in [0.2, 0.25) is 0 Å². The van der Waals surface area contributed by atoms with Gasteiger partial charge in [-0.25, -0.2) is 9.97 Å². The molecule has 0 amide bonds. The number of furan rings is 1. The molecule has 0 saturated heterocycles. The van der Waals surface area contributed by atoms with E-state index in [0.717, 1.165) is 72.3 Å². The summed E-state index contributed by atoms with van der Waals surface area (Å²) in [5.41, 5.74) is 10.8. The van der Waals surface area contributed by atoms with E-state index in [1.807, 2.05) is 78.9 Å². The molecule has 0 radical (unpaired) electrons. The van der Waals surface area contributed by atoms with Gasteiger partial charge in [-0.15, -0.1) is 0 Å². The predicted octanol–water partition coefficient (Wildman–Crippen LogP) is 10.6. The summed E-state index contributed by atoms with van der Waals surface area (Å²) in [5.74, 6) is 0.622. The molecule has 45 heavy (non-hydrogen) atoms. The quantitative estimate of drug-likeness (QED) is 0.205. The van der Waals surface area contributed by atoms with Gasteiger partial charge in [-0.3, -0.25) is 0 Å². The molecule has 0 N–H and O–H groups in total. The van der Waals surface area contributed by atoms with Crippen LogP contribution >= 0.6 is 0 Å². The molecule has 0 atom stereocenters. The fourth-order valence-corrected chi connectivity index (χ4v) is 5.91. The molecule has 0 bridgehead atoms. The first-order chi connectivity index (χ1) is 22.2. The van der Waals surface area contributed by atoms with E-state index in [4.69, 9.17) is 14.4 Å². The summed E-state index contributed by atoms with van der Waals surface area (Å²) in [6, 6.07) is 53.3. The van der Waals surface area contributed by atoms with Crippen molar-refractivity contribution in [3.05, 3.63) is 157 Å². The van der Waals surface area contributed by atoms with Crippen molar-refractivity contribution in [1.29, 1.82) is 5.26 Å². The fraction of sp³-hybridized carbons (Fsp3) is 0. The van der Waals surface area contributed by atoms with Gasteiger partial charge in [0.2, 0.25) is 0 Å². The minimum Gasteiger partial charge on any atom is -0.455 e. The molecule has 0 aliphatic heterocycles. The third-order valence-electron chi connectivity index (χ3n) is 8.10. The zero-order valence-corrected chi connectivity index (χ0v) is 24.2. The van der Waals surface area contributed by atoms with Gasteiger partial charge >= 0.3 is 0 Å². The van der Waals surface area contributed by atoms with Crippen molar-refractivity contribution in [3.63, 3.8) is 0 Å². The van der Waals surface area contributed by atoms with E-state index >= 15 is 0 Å². The average molecular weight is 576 g/mol. The molecule has 6 aromatic carbocycles. The summed E-state index contributed by atoms with van der Waals surface area (Å²) in [6.07, 6.45) is 0. The van der Waals surface area contributed by atoms with E-state index in [1.54, 1.807) is 6.07 Å². The van der Waals surface area contributed by atoms with Crippen LogP contribution < -0.4 is 0 Å². The minimum atomic E-state index is 0.584. The normalized spacial score (nSPS) is 11.1. The van der Waals surface area contributed by atoms with Crippen LogP contribution in [0.3, 0.4) is 0 Å². The Morgan fingerprint density at radius 1 is 0.467 bits per heavy atom. The fourth-order valence-electron chi connectivity index (χ4n) is 5.91. The number of benzene rings is 6. The summed E-state index contributed by atoms with van der Waals surface area (Å²) in [4.78, 5) is 10.1. The number of hydrogen-bond donors (Lipinski definition) is 0. The molecular weight excluding hydrogens is 550 g/mol. The van der Waals surface area contributed by atoms with Crippen molar-refractivity contribution in [2.24, 2.45) is 0 Å². The van der Waals surface area contributed by atoms with Crippen molar-refractivity contribution in [2.45, 2.75) is 0 Å². The second-order valence-electron chi connectivity index (χ2n) is 11.0. The number of aromatic nitrogens is 2. The predicted molar refractivity (Wildman–Crippen MR) is 181 cm³/mol. The van der Waals surface area contributed by atoms with Gasteiger partial charge in [0.05, 0.1) is 23.0 Å². The molecule has 0 unspecified atom stereocenters. The lowest BCUT2D eigenvalue weighted by Gasteiger charge is -2.13. The zero-order valence-electron chi connectivity index (χ0n) is 24.2. The SMILES string of the molecule is N#Cc1cccc(-c2cc(-c3cc(-c4ccccc4)cc(-c4cccc5c4oc4ccccc45)c3)nc(-c3ccccc3)n2)c1. The second-order valence-corrected chi connectivity index (χ2v) is 11.0. The van der Waals surface area contributed by atoms with Crippen LogP contribution in [0.15, 0.2) is 156 Å². The van der Waals surface area contributed by atoms with E-state index in [-0.39, 0.29) is 0 Å². The summed E-state index contributed by atoms with van der Waals surface area (Å²) < 4.78 is 6.45. The van der Waals surface area contributed by atoms with E-state index in [0.29, 0.717) is 11.4 Å². The molecule has 0 saturated carbocycles. The van der Waals surface area contributed by atoms with Gasteiger partial charge in [-0.05, 0) is 59.2 Å². The van der Waals surface area contributed by atoms with Crippen molar-refractivity contribution >= 4 is 21.9 Å². The van der Waals surface area contributed by atoms with Crippen LogP contribution in [-0.4, -0.2) is 9.97 Å². The smallest absolute Gasteiger partial charge is 0.160 e. The molecular formula is C41H25N3O. The highest BCUT2D eigenvalue weighted by molar-refractivity contribution is 6.09. The summed E-state index contributed by atoms with van der Waals surface area (Å²) in [7, 11) is 0. The van der Waals surface area contributed by atoms with Gasteiger partial charge in [0, 0.05) is 33.0 Å². The highest BCUT2D eigenvalue weighted by atomic mass is 16.3. The lowest BCUT2D eigenvalue weighted by Crippen LogP contribution is -1.97. The van der Waals surface area contributed by atoms with Gasteiger partial charge in [0.1, 0.15) is 11.2 Å². The third kappa shape index (κ3) is 4.93. The van der Waals surface area contributed by atoms with Crippen LogP contribution in [0.25, 0.3) is 78.1 Å². The monoisotopic (exact) mass is 575 g/mol. The van der Waals surface area contributed by atoms with Gasteiger partial charge in [-0.2, -0.15) is 5.26 Å².